The number of rotatable bonds is 2. The maximum atomic E-state index is 13.9. The molecule has 1 aliphatic heterocycles. The zero-order valence-corrected chi connectivity index (χ0v) is 14.8. The molecule has 0 spiro atoms. The molecule has 2 aliphatic rings. The van der Waals surface area contributed by atoms with Crippen LogP contribution in [0.5, 0.6) is 0 Å². The van der Waals surface area contributed by atoms with E-state index < -0.39 is 17.7 Å². The number of hydrogen-bond acceptors (Lipinski definition) is 4. The third-order valence-corrected chi connectivity index (χ3v) is 5.33. The lowest BCUT2D eigenvalue weighted by Gasteiger charge is -2.35. The van der Waals surface area contributed by atoms with Crippen LogP contribution in [0.3, 0.4) is 0 Å². The second kappa shape index (κ2) is 6.37. The summed E-state index contributed by atoms with van der Waals surface area (Å²) in [6.45, 7) is 0. The van der Waals surface area contributed by atoms with E-state index in [1.807, 2.05) is 30.3 Å². The molecular formula is C21H16F2N4O. The Morgan fingerprint density at radius 1 is 1.00 bits per heavy atom. The highest BCUT2D eigenvalue weighted by Gasteiger charge is 2.39. The molecule has 140 valence electrons. The van der Waals surface area contributed by atoms with E-state index in [0.717, 1.165) is 17.3 Å². The number of ketones is 1. The van der Waals surface area contributed by atoms with Crippen molar-refractivity contribution in [1.29, 1.82) is 0 Å². The second-order valence-corrected chi connectivity index (χ2v) is 7.09. The molecule has 0 radical (unpaired) electrons. The molecule has 1 aliphatic carbocycles. The van der Waals surface area contributed by atoms with Crippen molar-refractivity contribution in [3.05, 3.63) is 88.9 Å². The minimum atomic E-state index is -0.705. The number of halogens is 2. The topological polar surface area (TPSA) is 59.8 Å². The summed E-state index contributed by atoms with van der Waals surface area (Å²) < 4.78 is 29.3. The zero-order valence-electron chi connectivity index (χ0n) is 14.8. The second-order valence-electron chi connectivity index (χ2n) is 7.09. The maximum absolute atomic E-state index is 13.9. The van der Waals surface area contributed by atoms with Crippen LogP contribution in [0.1, 0.15) is 35.9 Å². The van der Waals surface area contributed by atoms with Crippen molar-refractivity contribution in [2.45, 2.75) is 24.8 Å². The van der Waals surface area contributed by atoms with Gasteiger partial charge in [0, 0.05) is 23.8 Å². The van der Waals surface area contributed by atoms with E-state index in [2.05, 4.69) is 15.4 Å². The van der Waals surface area contributed by atoms with Gasteiger partial charge in [-0.05, 0) is 35.6 Å². The van der Waals surface area contributed by atoms with E-state index in [0.29, 0.717) is 29.9 Å². The van der Waals surface area contributed by atoms with Crippen LogP contribution >= 0.6 is 0 Å². The van der Waals surface area contributed by atoms with Gasteiger partial charge in [-0.3, -0.25) is 4.79 Å². The van der Waals surface area contributed by atoms with Crippen LogP contribution in [0.2, 0.25) is 0 Å². The lowest BCUT2D eigenvalue weighted by Crippen LogP contribution is -2.33. The van der Waals surface area contributed by atoms with Crippen molar-refractivity contribution >= 4 is 11.7 Å². The molecule has 5 nitrogen and oxygen atoms in total. The van der Waals surface area contributed by atoms with Gasteiger partial charge < -0.3 is 5.32 Å². The first-order valence-corrected chi connectivity index (χ1v) is 9.04. The van der Waals surface area contributed by atoms with Crippen LogP contribution in [-0.2, 0) is 4.79 Å². The molecule has 0 amide bonds. The molecule has 7 heteroatoms. The maximum Gasteiger partial charge on any atom is 0.226 e. The van der Waals surface area contributed by atoms with Crippen LogP contribution in [0.15, 0.2) is 66.1 Å². The number of aromatic nitrogens is 3. The normalized spacial score (nSPS) is 21.1. The first-order chi connectivity index (χ1) is 13.6. The summed E-state index contributed by atoms with van der Waals surface area (Å²) in [5.74, 6) is -0.946. The molecule has 0 saturated carbocycles. The number of anilines is 1. The Morgan fingerprint density at radius 2 is 1.75 bits per heavy atom. The van der Waals surface area contributed by atoms with Gasteiger partial charge >= 0.3 is 0 Å². The molecule has 0 fully saturated rings. The van der Waals surface area contributed by atoms with Gasteiger partial charge in [-0.15, -0.1) is 0 Å². The first-order valence-electron chi connectivity index (χ1n) is 9.04. The standard InChI is InChI=1S/C21H16F2N4O/c22-15-6-14(7-16(23)10-15)20-19-17(26-21-24-11-25-27(20)21)8-13(9-18(19)28)12-4-2-1-3-5-12/h1-7,10-11,13,20H,8-9H2,(H,24,25,26)/t13-,20-/m1/s1. The van der Waals surface area contributed by atoms with Crippen LogP contribution in [0.4, 0.5) is 14.7 Å². The number of Topliss-reactive ketones (excluding diaryl/α,β-unsaturated/α-hetero) is 1. The summed E-state index contributed by atoms with van der Waals surface area (Å²) >= 11 is 0. The van der Waals surface area contributed by atoms with Gasteiger partial charge in [-0.25, -0.2) is 13.5 Å². The quantitative estimate of drug-likeness (QED) is 0.733. The summed E-state index contributed by atoms with van der Waals surface area (Å²) in [6, 6.07) is 12.5. The number of nitrogens with zero attached hydrogens (tertiary/aromatic N) is 3. The minimum absolute atomic E-state index is 0.0410. The number of nitrogens with one attached hydrogen (secondary N) is 1. The Morgan fingerprint density at radius 3 is 2.50 bits per heavy atom. The van der Waals surface area contributed by atoms with Gasteiger partial charge in [0.05, 0.1) is 0 Å². The van der Waals surface area contributed by atoms with Gasteiger partial charge in [0.15, 0.2) is 5.78 Å². The summed E-state index contributed by atoms with van der Waals surface area (Å²) in [4.78, 5) is 17.3. The molecule has 0 unspecified atom stereocenters. The van der Waals surface area contributed by atoms with E-state index >= 15 is 0 Å². The van der Waals surface area contributed by atoms with Crippen LogP contribution in [-0.4, -0.2) is 20.5 Å². The Bertz CT molecular complexity index is 1090. The Labute approximate surface area is 159 Å². The molecule has 0 bridgehead atoms. The van der Waals surface area contributed by atoms with Crippen molar-refractivity contribution in [3.63, 3.8) is 0 Å². The summed E-state index contributed by atoms with van der Waals surface area (Å²) in [5.41, 5.74) is 2.66. The number of carbonyl (C=O) groups is 1. The monoisotopic (exact) mass is 378 g/mol. The van der Waals surface area contributed by atoms with E-state index in [9.17, 15) is 13.6 Å². The van der Waals surface area contributed by atoms with Crippen molar-refractivity contribution in [3.8, 4) is 0 Å². The molecule has 0 saturated heterocycles. The molecule has 2 aromatic carbocycles. The van der Waals surface area contributed by atoms with Gasteiger partial charge in [0.1, 0.15) is 24.0 Å². The average Bonchev–Trinajstić information content (AvgIpc) is 3.14. The summed E-state index contributed by atoms with van der Waals surface area (Å²) in [7, 11) is 0. The van der Waals surface area contributed by atoms with E-state index in [-0.39, 0.29) is 11.7 Å². The fraction of sp³-hybridized carbons (Fsp3) is 0.190. The zero-order chi connectivity index (χ0) is 19.3. The Hall–Kier alpha value is -3.35. The van der Waals surface area contributed by atoms with Crippen molar-refractivity contribution in [2.75, 3.05) is 5.32 Å². The average molecular weight is 378 g/mol. The number of carbonyl (C=O) groups excluding carboxylic acids is 1. The molecule has 1 aromatic heterocycles. The summed E-state index contributed by atoms with van der Waals surface area (Å²) in [6.07, 6.45) is 2.32. The molecular weight excluding hydrogens is 362 g/mol. The van der Waals surface area contributed by atoms with E-state index in [4.69, 9.17) is 0 Å². The van der Waals surface area contributed by atoms with E-state index in [1.54, 1.807) is 0 Å². The molecule has 1 N–H and O–H groups in total. The van der Waals surface area contributed by atoms with Crippen molar-refractivity contribution < 1.29 is 13.6 Å². The first kappa shape index (κ1) is 16.8. The lowest BCUT2D eigenvalue weighted by molar-refractivity contribution is -0.116. The SMILES string of the molecule is O=C1C[C@H](c2ccccc2)CC2=C1[C@@H](c1cc(F)cc(F)c1)n1ncnc1N2. The fourth-order valence-electron chi connectivity index (χ4n) is 4.15. The molecule has 28 heavy (non-hydrogen) atoms. The molecule has 3 aromatic rings. The predicted octanol–water partition coefficient (Wildman–Crippen LogP) is 3.97. The highest BCUT2D eigenvalue weighted by Crippen LogP contribution is 2.43. The largest absolute Gasteiger partial charge is 0.328 e. The number of allylic oxidation sites excluding steroid dienone is 2. The highest BCUT2D eigenvalue weighted by molar-refractivity contribution is 6.00. The van der Waals surface area contributed by atoms with Crippen molar-refractivity contribution in [2.24, 2.45) is 0 Å². The Balaban J connectivity index is 1.63. The third-order valence-electron chi connectivity index (χ3n) is 5.33. The number of benzene rings is 2. The fourth-order valence-corrected chi connectivity index (χ4v) is 4.15. The molecule has 2 atom stereocenters. The minimum Gasteiger partial charge on any atom is -0.328 e. The predicted molar refractivity (Wildman–Crippen MR) is 98.6 cm³/mol. The van der Waals surface area contributed by atoms with Crippen molar-refractivity contribution in [1.82, 2.24) is 14.8 Å². The van der Waals surface area contributed by atoms with E-state index in [1.165, 1.54) is 23.1 Å². The van der Waals surface area contributed by atoms with Gasteiger partial charge in [0.2, 0.25) is 5.95 Å². The highest BCUT2D eigenvalue weighted by atomic mass is 19.1. The van der Waals surface area contributed by atoms with Gasteiger partial charge in [0.25, 0.3) is 0 Å². The Kier molecular flexibility index (Phi) is 3.82. The van der Waals surface area contributed by atoms with Crippen LogP contribution in [0, 0.1) is 11.6 Å². The van der Waals surface area contributed by atoms with Crippen LogP contribution < -0.4 is 5.32 Å². The molecule has 2 heterocycles. The van der Waals surface area contributed by atoms with Gasteiger partial charge in [-0.2, -0.15) is 10.1 Å². The number of fused-ring (bicyclic) bond motifs is 1. The number of hydrogen-bond donors (Lipinski definition) is 1. The van der Waals surface area contributed by atoms with Gasteiger partial charge in [-0.1, -0.05) is 30.3 Å². The lowest BCUT2D eigenvalue weighted by atomic mass is 9.78. The van der Waals surface area contributed by atoms with Crippen LogP contribution in [0.25, 0.3) is 0 Å². The summed E-state index contributed by atoms with van der Waals surface area (Å²) in [5, 5.41) is 7.39. The smallest absolute Gasteiger partial charge is 0.226 e. The molecule has 5 rings (SSSR count). The third kappa shape index (κ3) is 2.70.